The van der Waals surface area contributed by atoms with Crippen LogP contribution in [0.1, 0.15) is 0 Å². The van der Waals surface area contributed by atoms with E-state index in [0.29, 0.717) is 26.6 Å². The molecule has 1 N–H and O–H groups in total. The second kappa shape index (κ2) is 3.78. The van der Waals surface area contributed by atoms with Crippen molar-refractivity contribution < 1.29 is 4.42 Å². The number of hydrogen-bond acceptors (Lipinski definition) is 2. The van der Waals surface area contributed by atoms with Crippen molar-refractivity contribution in [2.45, 2.75) is 0 Å². The molecule has 0 atom stereocenters. The molecule has 17 heavy (non-hydrogen) atoms. The maximum Gasteiger partial charge on any atom is 0.333 e. The molecule has 0 aliphatic heterocycles. The summed E-state index contributed by atoms with van der Waals surface area (Å²) >= 11 is 9.13. The molecule has 4 nitrogen and oxygen atoms in total. The molecule has 1 aromatic carbocycles. The summed E-state index contributed by atoms with van der Waals surface area (Å²) in [6.45, 7) is 0. The number of aromatic nitrogens is 2. The molecule has 0 fully saturated rings. The first-order chi connectivity index (χ1) is 8.15. The molecule has 0 bridgehead atoms. The molecule has 0 aliphatic rings. The van der Waals surface area contributed by atoms with Crippen LogP contribution in [0.5, 0.6) is 0 Å². The van der Waals surface area contributed by atoms with E-state index in [0.717, 1.165) is 0 Å². The Morgan fingerprint density at radius 1 is 1.29 bits per heavy atom. The zero-order valence-corrected chi connectivity index (χ0v) is 10.7. The summed E-state index contributed by atoms with van der Waals surface area (Å²) in [5.41, 5.74) is 1.14. The molecule has 0 saturated heterocycles. The topological polar surface area (TPSA) is 50.9 Å². The van der Waals surface area contributed by atoms with E-state index in [1.54, 1.807) is 30.3 Å². The second-order valence-corrected chi connectivity index (χ2v) is 4.72. The van der Waals surface area contributed by atoms with E-state index in [9.17, 15) is 4.79 Å². The van der Waals surface area contributed by atoms with Gasteiger partial charge in [0, 0.05) is 11.1 Å². The zero-order valence-electron chi connectivity index (χ0n) is 8.41. The van der Waals surface area contributed by atoms with E-state index in [-0.39, 0.29) is 5.69 Å². The number of aromatic amines is 1. The van der Waals surface area contributed by atoms with Crippen LogP contribution in [-0.4, -0.2) is 9.55 Å². The maximum atomic E-state index is 11.8. The highest BCUT2D eigenvalue weighted by Gasteiger charge is 2.11. The molecule has 0 radical (unpaired) electrons. The van der Waals surface area contributed by atoms with Gasteiger partial charge < -0.3 is 9.40 Å². The fourth-order valence-electron chi connectivity index (χ4n) is 1.72. The number of nitrogens with one attached hydrogen (secondary N) is 1. The quantitative estimate of drug-likeness (QED) is 0.749. The van der Waals surface area contributed by atoms with Gasteiger partial charge in [-0.05, 0) is 40.2 Å². The molecular weight excluding hydrogens is 307 g/mol. The summed E-state index contributed by atoms with van der Waals surface area (Å²) in [5.74, 6) is 0.440. The van der Waals surface area contributed by atoms with Crippen LogP contribution in [0.4, 0.5) is 0 Å². The van der Waals surface area contributed by atoms with Crippen molar-refractivity contribution in [1.82, 2.24) is 9.55 Å². The van der Waals surface area contributed by atoms with Crippen LogP contribution < -0.4 is 5.69 Å². The first kappa shape index (κ1) is 10.7. The number of nitrogens with zero attached hydrogens (tertiary/aromatic N) is 1. The van der Waals surface area contributed by atoms with Crippen LogP contribution in [0.2, 0.25) is 5.02 Å². The van der Waals surface area contributed by atoms with Gasteiger partial charge in [-0.1, -0.05) is 11.6 Å². The summed E-state index contributed by atoms with van der Waals surface area (Å²) in [5, 5.41) is 0.566. The van der Waals surface area contributed by atoms with Gasteiger partial charge in [-0.15, -0.1) is 0 Å². The minimum Gasteiger partial charge on any atom is -0.433 e. The van der Waals surface area contributed by atoms with Crippen molar-refractivity contribution in [3.05, 3.63) is 50.5 Å². The Hall–Kier alpha value is -1.46. The standard InChI is InChI=1S/C11H6BrClN2O2/c12-9-3-4-10(17-9)15-8-5-6(13)1-2-7(8)14-11(15)16/h1-5H,(H,14,16). The molecule has 0 amide bonds. The van der Waals surface area contributed by atoms with Gasteiger partial charge in [0.15, 0.2) is 4.67 Å². The molecule has 0 spiro atoms. The minimum atomic E-state index is -0.260. The van der Waals surface area contributed by atoms with E-state index in [1.165, 1.54) is 4.57 Å². The molecule has 0 saturated carbocycles. The second-order valence-electron chi connectivity index (χ2n) is 3.50. The first-order valence-electron chi connectivity index (χ1n) is 4.81. The van der Waals surface area contributed by atoms with Gasteiger partial charge in [0.2, 0.25) is 5.88 Å². The molecule has 0 unspecified atom stereocenters. The molecule has 86 valence electrons. The molecular formula is C11H6BrClN2O2. The third kappa shape index (κ3) is 1.71. The molecule has 3 rings (SSSR count). The highest BCUT2D eigenvalue weighted by molar-refractivity contribution is 9.10. The minimum absolute atomic E-state index is 0.260. The number of furan rings is 1. The van der Waals surface area contributed by atoms with Gasteiger partial charge in [0.05, 0.1) is 11.0 Å². The van der Waals surface area contributed by atoms with E-state index >= 15 is 0 Å². The molecule has 0 aliphatic carbocycles. The Balaban J connectivity index is 2.39. The number of rotatable bonds is 1. The number of hydrogen-bond donors (Lipinski definition) is 1. The Kier molecular flexibility index (Phi) is 2.38. The summed E-state index contributed by atoms with van der Waals surface area (Å²) in [6.07, 6.45) is 0. The van der Waals surface area contributed by atoms with Gasteiger partial charge >= 0.3 is 5.69 Å². The summed E-state index contributed by atoms with van der Waals surface area (Å²) in [7, 11) is 0. The number of benzene rings is 1. The van der Waals surface area contributed by atoms with Crippen molar-refractivity contribution in [2.24, 2.45) is 0 Å². The summed E-state index contributed by atoms with van der Waals surface area (Å²) in [4.78, 5) is 14.6. The molecule has 6 heteroatoms. The first-order valence-corrected chi connectivity index (χ1v) is 5.98. The third-order valence-electron chi connectivity index (χ3n) is 2.42. The van der Waals surface area contributed by atoms with Crippen LogP contribution in [0.3, 0.4) is 0 Å². The zero-order chi connectivity index (χ0) is 12.0. The van der Waals surface area contributed by atoms with Crippen molar-refractivity contribution in [1.29, 1.82) is 0 Å². The maximum absolute atomic E-state index is 11.8. The van der Waals surface area contributed by atoms with Crippen molar-refractivity contribution in [2.75, 3.05) is 0 Å². The lowest BCUT2D eigenvalue weighted by Gasteiger charge is -1.98. The third-order valence-corrected chi connectivity index (χ3v) is 3.09. The summed E-state index contributed by atoms with van der Waals surface area (Å²) in [6, 6.07) is 8.63. The van der Waals surface area contributed by atoms with Gasteiger partial charge in [0.25, 0.3) is 0 Å². The van der Waals surface area contributed by atoms with Crippen LogP contribution >= 0.6 is 27.5 Å². The monoisotopic (exact) mass is 312 g/mol. The van der Waals surface area contributed by atoms with E-state index in [4.69, 9.17) is 16.0 Å². The lowest BCUT2D eigenvalue weighted by atomic mass is 10.3. The molecule has 2 aromatic heterocycles. The Morgan fingerprint density at radius 2 is 2.12 bits per heavy atom. The largest absolute Gasteiger partial charge is 0.433 e. The Labute approximate surface area is 109 Å². The lowest BCUT2D eigenvalue weighted by molar-refractivity contribution is 0.515. The predicted molar refractivity (Wildman–Crippen MR) is 68.9 cm³/mol. The normalized spacial score (nSPS) is 11.2. The average Bonchev–Trinajstić information content (AvgIpc) is 2.81. The fraction of sp³-hybridized carbons (Fsp3) is 0. The predicted octanol–water partition coefficient (Wildman–Crippen LogP) is 3.33. The smallest absolute Gasteiger partial charge is 0.333 e. The fourth-order valence-corrected chi connectivity index (χ4v) is 2.18. The highest BCUT2D eigenvalue weighted by Crippen LogP contribution is 2.22. The highest BCUT2D eigenvalue weighted by atomic mass is 79.9. The molecule has 3 aromatic rings. The number of halogens is 2. The SMILES string of the molecule is O=c1[nH]c2ccc(Cl)cc2n1-c1ccc(Br)o1. The van der Waals surface area contributed by atoms with Gasteiger partial charge in [-0.3, -0.25) is 0 Å². The van der Waals surface area contributed by atoms with Crippen LogP contribution in [0.25, 0.3) is 16.9 Å². The number of fused-ring (bicyclic) bond motifs is 1. The van der Waals surface area contributed by atoms with Crippen LogP contribution in [0, 0.1) is 0 Å². The number of imidazole rings is 1. The van der Waals surface area contributed by atoms with Crippen LogP contribution in [0.15, 0.2) is 44.2 Å². The van der Waals surface area contributed by atoms with Crippen molar-refractivity contribution in [3.8, 4) is 5.88 Å². The van der Waals surface area contributed by atoms with Crippen LogP contribution in [-0.2, 0) is 0 Å². The van der Waals surface area contributed by atoms with Gasteiger partial charge in [0.1, 0.15) is 0 Å². The van der Waals surface area contributed by atoms with E-state index in [2.05, 4.69) is 20.9 Å². The summed E-state index contributed by atoms with van der Waals surface area (Å²) < 4.78 is 7.38. The lowest BCUT2D eigenvalue weighted by Crippen LogP contribution is -2.13. The Morgan fingerprint density at radius 3 is 2.82 bits per heavy atom. The van der Waals surface area contributed by atoms with E-state index in [1.807, 2.05) is 0 Å². The van der Waals surface area contributed by atoms with Gasteiger partial charge in [-0.2, -0.15) is 0 Å². The van der Waals surface area contributed by atoms with E-state index < -0.39 is 0 Å². The Bertz CT molecular complexity index is 756. The average molecular weight is 314 g/mol. The van der Waals surface area contributed by atoms with Crippen molar-refractivity contribution in [3.63, 3.8) is 0 Å². The molecule has 2 heterocycles. The number of H-pyrrole nitrogens is 1. The van der Waals surface area contributed by atoms with Crippen molar-refractivity contribution >= 4 is 38.6 Å². The van der Waals surface area contributed by atoms with Gasteiger partial charge in [-0.25, -0.2) is 9.36 Å².